The first kappa shape index (κ1) is 15.3. The van der Waals surface area contributed by atoms with Gasteiger partial charge in [0.1, 0.15) is 0 Å². The van der Waals surface area contributed by atoms with Gasteiger partial charge in [0.25, 0.3) is 0 Å². The highest BCUT2D eigenvalue weighted by atomic mass is 16.2. The van der Waals surface area contributed by atoms with E-state index in [1.807, 2.05) is 0 Å². The van der Waals surface area contributed by atoms with Crippen molar-refractivity contribution < 1.29 is 19.2 Å². The number of hydrogen-bond donors (Lipinski definition) is 0. The molecule has 6 heteroatoms. The predicted octanol–water partition coefficient (Wildman–Crippen LogP) is 0.351. The fourth-order valence-electron chi connectivity index (χ4n) is 2.30. The molecule has 1 fully saturated rings. The Morgan fingerprint density at radius 2 is 2.05 bits per heavy atom. The molecular weight excluding hydrogens is 248 g/mol. The van der Waals surface area contributed by atoms with Gasteiger partial charge in [-0.25, -0.2) is 0 Å². The van der Waals surface area contributed by atoms with E-state index < -0.39 is 0 Å². The van der Waals surface area contributed by atoms with Crippen LogP contribution in [0.3, 0.4) is 0 Å². The predicted molar refractivity (Wildman–Crippen MR) is 68.1 cm³/mol. The van der Waals surface area contributed by atoms with Crippen molar-refractivity contribution in [3.05, 3.63) is 0 Å². The van der Waals surface area contributed by atoms with Gasteiger partial charge in [0.15, 0.2) is 5.78 Å². The molecule has 1 heterocycles. The largest absolute Gasteiger partial charge is 0.335 e. The highest BCUT2D eigenvalue weighted by Crippen LogP contribution is 2.17. The second-order valence-electron chi connectivity index (χ2n) is 4.74. The SMILES string of the molecule is CC(=O)N(C=O)CCCC(=O)C1CCCCN1C=O. The second kappa shape index (κ2) is 7.66. The van der Waals surface area contributed by atoms with Crippen molar-refractivity contribution in [2.45, 2.75) is 45.1 Å². The number of nitrogens with zero attached hydrogens (tertiary/aromatic N) is 2. The van der Waals surface area contributed by atoms with Crippen molar-refractivity contribution >= 4 is 24.5 Å². The fourth-order valence-corrected chi connectivity index (χ4v) is 2.30. The van der Waals surface area contributed by atoms with Gasteiger partial charge in [0, 0.05) is 26.4 Å². The van der Waals surface area contributed by atoms with E-state index in [1.165, 1.54) is 6.92 Å². The lowest BCUT2D eigenvalue weighted by molar-refractivity contribution is -0.137. The molecule has 1 aliphatic heterocycles. The Labute approximate surface area is 112 Å². The van der Waals surface area contributed by atoms with Crippen molar-refractivity contribution in [1.29, 1.82) is 0 Å². The summed E-state index contributed by atoms with van der Waals surface area (Å²) in [5, 5.41) is 0. The van der Waals surface area contributed by atoms with E-state index in [9.17, 15) is 19.2 Å². The van der Waals surface area contributed by atoms with Gasteiger partial charge in [0.05, 0.1) is 6.04 Å². The molecule has 0 aliphatic carbocycles. The van der Waals surface area contributed by atoms with Crippen molar-refractivity contribution in [3.63, 3.8) is 0 Å². The first-order valence-corrected chi connectivity index (χ1v) is 6.56. The molecule has 6 nitrogen and oxygen atoms in total. The second-order valence-corrected chi connectivity index (χ2v) is 4.74. The molecule has 1 saturated heterocycles. The molecule has 0 radical (unpaired) electrons. The summed E-state index contributed by atoms with van der Waals surface area (Å²) < 4.78 is 0. The average molecular weight is 268 g/mol. The molecule has 1 aliphatic rings. The topological polar surface area (TPSA) is 74.8 Å². The molecule has 0 saturated carbocycles. The third-order valence-electron chi connectivity index (χ3n) is 3.41. The van der Waals surface area contributed by atoms with Gasteiger partial charge in [0.2, 0.25) is 18.7 Å². The van der Waals surface area contributed by atoms with Crippen LogP contribution in [0, 0.1) is 0 Å². The Morgan fingerprint density at radius 3 is 2.63 bits per heavy atom. The summed E-state index contributed by atoms with van der Waals surface area (Å²) in [6.07, 6.45) is 4.54. The van der Waals surface area contributed by atoms with Gasteiger partial charge >= 0.3 is 0 Å². The zero-order valence-corrected chi connectivity index (χ0v) is 11.2. The maximum atomic E-state index is 12.0. The minimum Gasteiger partial charge on any atom is -0.335 e. The van der Waals surface area contributed by atoms with Crippen LogP contribution in [0.4, 0.5) is 0 Å². The molecule has 3 amide bonds. The third kappa shape index (κ3) is 4.46. The van der Waals surface area contributed by atoms with Gasteiger partial charge < -0.3 is 4.90 Å². The first-order valence-electron chi connectivity index (χ1n) is 6.56. The van der Waals surface area contributed by atoms with Crippen LogP contribution in [0.1, 0.15) is 39.0 Å². The van der Waals surface area contributed by atoms with E-state index in [2.05, 4.69) is 0 Å². The summed E-state index contributed by atoms with van der Waals surface area (Å²) in [6, 6.07) is -0.326. The standard InChI is InChI=1S/C13H20N2O4/c1-11(18)14(9-16)8-4-6-13(19)12-5-2-3-7-15(12)10-17/h9-10,12H,2-8H2,1H3. The minimum absolute atomic E-state index is 0.0150. The van der Waals surface area contributed by atoms with Gasteiger partial charge in [-0.05, 0) is 25.7 Å². The van der Waals surface area contributed by atoms with E-state index in [0.717, 1.165) is 24.2 Å². The number of carbonyl (C=O) groups is 4. The molecule has 0 aromatic carbocycles. The Kier molecular flexibility index (Phi) is 6.18. The maximum absolute atomic E-state index is 12.0. The summed E-state index contributed by atoms with van der Waals surface area (Å²) in [5.41, 5.74) is 0. The minimum atomic E-state index is -0.326. The summed E-state index contributed by atoms with van der Waals surface area (Å²) >= 11 is 0. The Morgan fingerprint density at radius 1 is 1.32 bits per heavy atom. The smallest absolute Gasteiger partial charge is 0.225 e. The van der Waals surface area contributed by atoms with Crippen molar-refractivity contribution in [2.24, 2.45) is 0 Å². The molecule has 1 unspecified atom stereocenters. The van der Waals surface area contributed by atoms with Gasteiger partial charge in [-0.1, -0.05) is 0 Å². The van der Waals surface area contributed by atoms with E-state index in [-0.39, 0.29) is 30.7 Å². The molecule has 0 N–H and O–H groups in total. The number of piperidine rings is 1. The lowest BCUT2D eigenvalue weighted by Gasteiger charge is -2.31. The normalized spacial score (nSPS) is 18.8. The molecule has 0 aromatic rings. The molecule has 1 rings (SSSR count). The van der Waals surface area contributed by atoms with Gasteiger partial charge in [-0.15, -0.1) is 0 Å². The van der Waals surface area contributed by atoms with Crippen molar-refractivity contribution in [1.82, 2.24) is 9.80 Å². The summed E-state index contributed by atoms with van der Waals surface area (Å²) in [6.45, 7) is 2.19. The Hall–Kier alpha value is -1.72. The third-order valence-corrected chi connectivity index (χ3v) is 3.41. The molecule has 0 aromatic heterocycles. The van der Waals surface area contributed by atoms with Crippen molar-refractivity contribution in [2.75, 3.05) is 13.1 Å². The number of likely N-dealkylation sites (tertiary alicyclic amines) is 1. The molecule has 1 atom stereocenters. The number of Topliss-reactive ketones (excluding diaryl/α,β-unsaturated/α-hetero) is 1. The number of ketones is 1. The first-order chi connectivity index (χ1) is 9.10. The lowest BCUT2D eigenvalue weighted by Crippen LogP contribution is -2.43. The highest BCUT2D eigenvalue weighted by Gasteiger charge is 2.26. The zero-order chi connectivity index (χ0) is 14.3. The van der Waals surface area contributed by atoms with Crippen LogP contribution in [-0.4, -0.2) is 53.4 Å². The molecule has 19 heavy (non-hydrogen) atoms. The van der Waals surface area contributed by atoms with E-state index >= 15 is 0 Å². The van der Waals surface area contributed by atoms with E-state index in [1.54, 1.807) is 4.90 Å². The molecule has 0 bridgehead atoms. The number of hydrogen-bond acceptors (Lipinski definition) is 4. The quantitative estimate of drug-likeness (QED) is 0.624. The summed E-state index contributed by atoms with van der Waals surface area (Å²) in [7, 11) is 0. The van der Waals surface area contributed by atoms with Crippen LogP contribution in [0.5, 0.6) is 0 Å². The van der Waals surface area contributed by atoms with Crippen LogP contribution in [0.15, 0.2) is 0 Å². The van der Waals surface area contributed by atoms with Gasteiger partial charge in [-0.3, -0.25) is 24.1 Å². The number of carbonyl (C=O) groups excluding carboxylic acids is 4. The number of imide groups is 1. The Balaban J connectivity index is 2.39. The van der Waals surface area contributed by atoms with Gasteiger partial charge in [-0.2, -0.15) is 0 Å². The molecule has 0 spiro atoms. The Bertz CT molecular complexity index is 357. The van der Waals surface area contributed by atoms with Crippen molar-refractivity contribution in [3.8, 4) is 0 Å². The molecular formula is C13H20N2O4. The van der Waals surface area contributed by atoms with Crippen LogP contribution in [0.25, 0.3) is 0 Å². The fraction of sp³-hybridized carbons (Fsp3) is 0.692. The maximum Gasteiger partial charge on any atom is 0.225 e. The average Bonchev–Trinajstić information content (AvgIpc) is 2.42. The monoisotopic (exact) mass is 268 g/mol. The number of amides is 3. The lowest BCUT2D eigenvalue weighted by atomic mass is 9.96. The van der Waals surface area contributed by atoms with Crippen LogP contribution in [-0.2, 0) is 19.2 Å². The molecule has 106 valence electrons. The van der Waals surface area contributed by atoms with E-state index in [4.69, 9.17) is 0 Å². The van der Waals surface area contributed by atoms with Crippen LogP contribution < -0.4 is 0 Å². The van der Waals surface area contributed by atoms with Crippen LogP contribution >= 0.6 is 0 Å². The highest BCUT2D eigenvalue weighted by molar-refractivity contribution is 5.86. The van der Waals surface area contributed by atoms with Crippen LogP contribution in [0.2, 0.25) is 0 Å². The summed E-state index contributed by atoms with van der Waals surface area (Å²) in [4.78, 5) is 47.1. The summed E-state index contributed by atoms with van der Waals surface area (Å²) in [5.74, 6) is -0.309. The zero-order valence-electron chi connectivity index (χ0n) is 11.2. The number of rotatable bonds is 7. The van der Waals surface area contributed by atoms with E-state index in [0.29, 0.717) is 25.8 Å².